The molecule has 0 spiro atoms. The van der Waals surface area contributed by atoms with E-state index in [1.807, 2.05) is 85.7 Å². The van der Waals surface area contributed by atoms with E-state index in [0.29, 0.717) is 52.1 Å². The molecule has 0 radical (unpaired) electrons. The van der Waals surface area contributed by atoms with E-state index in [4.69, 9.17) is 19.7 Å². The standard InChI is InChI=1S/C33H34N4O6.C33H32N4O5/c1-7-18-14(3)21-11-23-16(5)20(9-10-27(38)39)30(36-23)29(33(42)43)31-28(32(40)41)17(6)24(37-31)13-26-19(8-2)15(4)22(35-26)12-25(18)34-21;1-7-18-14(3)21-11-23-16(5)20(9-10-27(38)39)30(36-23)29-31-28(32(40)42-33(29)41)17(6)24(37-31)13-26-19(8-2)15(4)22(35-26)12-25(18)34-21/h7,11-13,16,20,34-35H,1,8-10H2,2-6H3,(H,38,39)(H,40,41)(H,42,43);7,11-13,16,20,36-37H,1,8-10H2,2-6H3,(H,38,39)/t2*16-,20-/m00/s1. The number of cyclic esters (lactones) is 2. The zero-order valence-corrected chi connectivity index (χ0v) is 49.0. The molecule has 85 heavy (non-hydrogen) atoms. The fourth-order valence-electron chi connectivity index (χ4n) is 12.8. The summed E-state index contributed by atoms with van der Waals surface area (Å²) in [6.45, 7) is 27.5. The first-order chi connectivity index (χ1) is 40.4. The number of hydrogen-bond donors (Lipinski definition) is 8. The van der Waals surface area contributed by atoms with Crippen LogP contribution in [0.2, 0.25) is 0 Å². The van der Waals surface area contributed by atoms with Gasteiger partial charge in [-0.2, -0.15) is 0 Å². The zero-order valence-electron chi connectivity index (χ0n) is 49.0. The first kappa shape index (κ1) is 58.4. The minimum absolute atomic E-state index is 0.0817. The Balaban J connectivity index is 0.000000189. The minimum Gasteiger partial charge on any atom is -0.481 e. The summed E-state index contributed by atoms with van der Waals surface area (Å²) in [5.74, 6) is -7.56. The SMILES string of the molecule is C=CC1=C(C)c2cc3[nH]c(c4c5[nH]c(cc6nc(cc1n2)C(C)=C6CC)c(C)c5C(=O)OC4=O)[C@@H](CCC(=O)O)[C@@H]3C.C=Cc1c(C)c2cc3nc(c(C(=O)O)c4nc(cc5[nH]c(cc1[nH]2)c(C)c5CC)C(C)=C4C(=O)O)[C@@H](CCC(=O)O)[C@@H]3C. The number of esters is 2. The summed E-state index contributed by atoms with van der Waals surface area (Å²) in [5, 5.41) is 39.7. The summed E-state index contributed by atoms with van der Waals surface area (Å²) >= 11 is 0. The number of aromatic amines is 4. The molecule has 0 aromatic carbocycles. The zero-order chi connectivity index (χ0) is 61.4. The van der Waals surface area contributed by atoms with Gasteiger partial charge in [0.25, 0.3) is 0 Å². The number of carboxylic acid groups (broad SMARTS) is 4. The first-order valence-corrected chi connectivity index (χ1v) is 28.3. The van der Waals surface area contributed by atoms with Gasteiger partial charge in [0.1, 0.15) is 11.1 Å². The van der Waals surface area contributed by atoms with Crippen molar-refractivity contribution in [2.75, 3.05) is 0 Å². The molecule has 0 saturated carbocycles. The topological polar surface area (TPSA) is 307 Å². The number of rotatable bonds is 12. The summed E-state index contributed by atoms with van der Waals surface area (Å²) in [5.41, 5.74) is 18.2. The van der Waals surface area contributed by atoms with E-state index >= 15 is 0 Å². The molecule has 11 rings (SSSR count). The van der Waals surface area contributed by atoms with E-state index < -0.39 is 41.7 Å². The van der Waals surface area contributed by atoms with Crippen LogP contribution in [0.15, 0.2) is 55.6 Å². The number of nitrogens with one attached hydrogen (secondary N) is 4. The number of carboxylic acids is 4. The third-order valence-corrected chi connectivity index (χ3v) is 17.6. The van der Waals surface area contributed by atoms with Gasteiger partial charge in [0, 0.05) is 92.3 Å². The number of aromatic carboxylic acids is 1. The number of nitrogens with zero attached hydrogens (tertiary/aromatic N) is 4. The molecule has 0 aliphatic carbocycles. The van der Waals surface area contributed by atoms with Crippen molar-refractivity contribution in [3.63, 3.8) is 0 Å². The van der Waals surface area contributed by atoms with E-state index in [1.165, 1.54) is 0 Å². The molecule has 0 amide bonds. The van der Waals surface area contributed by atoms with Crippen molar-refractivity contribution >= 4 is 108 Å². The van der Waals surface area contributed by atoms with Crippen molar-refractivity contribution in [3.8, 4) is 0 Å². The number of aryl methyl sites for hydroxylation is 4. The van der Waals surface area contributed by atoms with Gasteiger partial charge in [0.05, 0.1) is 56.5 Å². The maximum Gasteiger partial charge on any atom is 0.349 e. The predicted molar refractivity (Wildman–Crippen MR) is 325 cm³/mol. The lowest BCUT2D eigenvalue weighted by molar-refractivity contribution is -0.138. The van der Waals surface area contributed by atoms with E-state index in [2.05, 4.69) is 45.0 Å². The van der Waals surface area contributed by atoms with Crippen molar-refractivity contribution in [3.05, 3.63) is 157 Å². The molecule has 0 saturated heterocycles. The lowest BCUT2D eigenvalue weighted by Crippen LogP contribution is -2.21. The van der Waals surface area contributed by atoms with Crippen LogP contribution in [-0.4, -0.2) is 96.1 Å². The van der Waals surface area contributed by atoms with Gasteiger partial charge in [-0.05, 0) is 148 Å². The Morgan fingerprint density at radius 3 is 1.84 bits per heavy atom. The van der Waals surface area contributed by atoms with Crippen molar-refractivity contribution < 1.29 is 53.9 Å². The largest absolute Gasteiger partial charge is 0.481 e. The summed E-state index contributed by atoms with van der Waals surface area (Å²) in [6.07, 6.45) is 5.15. The van der Waals surface area contributed by atoms with Crippen molar-refractivity contribution in [2.24, 2.45) is 0 Å². The van der Waals surface area contributed by atoms with Crippen LogP contribution < -0.4 is 0 Å². The van der Waals surface area contributed by atoms with Crippen LogP contribution in [0, 0.1) is 20.8 Å². The minimum atomic E-state index is -1.38. The number of aromatic nitrogens is 8. The molecule has 8 N–H and O–H groups in total. The highest BCUT2D eigenvalue weighted by molar-refractivity contribution is 6.26. The van der Waals surface area contributed by atoms with Crippen LogP contribution in [0.5, 0.6) is 0 Å². The number of H-pyrrole nitrogens is 4. The van der Waals surface area contributed by atoms with Crippen LogP contribution in [-0.2, 0) is 25.5 Å². The van der Waals surface area contributed by atoms with Gasteiger partial charge in [0.15, 0.2) is 0 Å². The molecule has 5 aromatic heterocycles. The second-order valence-corrected chi connectivity index (χ2v) is 22.3. The molecule has 4 atom stereocenters. The van der Waals surface area contributed by atoms with Crippen LogP contribution in [0.3, 0.4) is 0 Å². The van der Waals surface area contributed by atoms with Gasteiger partial charge < -0.3 is 45.1 Å². The van der Waals surface area contributed by atoms with E-state index in [9.17, 15) is 49.2 Å². The number of ether oxygens (including phenoxy) is 1. The van der Waals surface area contributed by atoms with Crippen LogP contribution >= 0.6 is 0 Å². The molecular weight excluding hydrogens is 1080 g/mol. The molecule has 0 fully saturated rings. The Morgan fingerprint density at radius 2 is 1.20 bits per heavy atom. The third kappa shape index (κ3) is 10.1. The second-order valence-electron chi connectivity index (χ2n) is 22.3. The predicted octanol–water partition coefficient (Wildman–Crippen LogP) is 13.5. The highest BCUT2D eigenvalue weighted by Gasteiger charge is 2.40. The molecular formula is C66H66N8O11. The Hall–Kier alpha value is -9.78. The first-order valence-electron chi connectivity index (χ1n) is 28.3. The normalized spacial score (nSPS) is 17.6. The molecule has 19 nitrogen and oxygen atoms in total. The molecule has 6 aliphatic heterocycles. The highest BCUT2D eigenvalue weighted by atomic mass is 16.6. The number of allylic oxidation sites excluding steroid dienone is 6. The molecule has 11 heterocycles. The Morgan fingerprint density at radius 1 is 0.588 bits per heavy atom. The van der Waals surface area contributed by atoms with Crippen LogP contribution in [0.4, 0.5) is 0 Å². The van der Waals surface area contributed by atoms with E-state index in [-0.39, 0.29) is 70.7 Å². The Kier molecular flexibility index (Phi) is 15.4. The lowest BCUT2D eigenvalue weighted by atomic mass is 9.85. The van der Waals surface area contributed by atoms with Crippen LogP contribution in [0.1, 0.15) is 220 Å². The number of carbonyl (C=O) groups excluding carboxylic acids is 2. The lowest BCUT2D eigenvalue weighted by Gasteiger charge is -2.19. The number of carbonyl (C=O) groups is 6. The average Bonchev–Trinajstić information content (AvgIpc) is 1.88. The molecule has 5 aromatic rings. The van der Waals surface area contributed by atoms with Crippen LogP contribution in [0.25, 0.3) is 72.6 Å². The molecule has 436 valence electrons. The monoisotopic (exact) mass is 1150 g/mol. The van der Waals surface area contributed by atoms with Crippen molar-refractivity contribution in [2.45, 2.75) is 131 Å². The van der Waals surface area contributed by atoms with E-state index in [1.54, 1.807) is 25.1 Å². The fourth-order valence-corrected chi connectivity index (χ4v) is 12.8. The number of fused-ring (bicyclic) bond motifs is 16. The van der Waals surface area contributed by atoms with Gasteiger partial charge in [-0.15, -0.1) is 0 Å². The smallest absolute Gasteiger partial charge is 0.349 e. The summed E-state index contributed by atoms with van der Waals surface area (Å²) < 4.78 is 5.27. The van der Waals surface area contributed by atoms with Gasteiger partial charge in [0.2, 0.25) is 0 Å². The molecule has 16 bridgehead atoms. The van der Waals surface area contributed by atoms with Gasteiger partial charge in [-0.25, -0.2) is 34.1 Å². The maximum absolute atomic E-state index is 13.4. The highest BCUT2D eigenvalue weighted by Crippen LogP contribution is 2.46. The van der Waals surface area contributed by atoms with Crippen molar-refractivity contribution in [1.82, 2.24) is 39.9 Å². The molecule has 0 unspecified atom stereocenters. The number of aliphatic carboxylic acids is 3. The summed E-state index contributed by atoms with van der Waals surface area (Å²) in [6, 6.07) is 11.5. The van der Waals surface area contributed by atoms with Gasteiger partial charge in [-0.1, -0.05) is 53.0 Å². The quantitative estimate of drug-likeness (QED) is 0.0425. The Bertz CT molecular complexity index is 4360. The number of hydrogen-bond acceptors (Lipinski definition) is 11. The third-order valence-electron chi connectivity index (χ3n) is 17.6. The molecule has 6 aliphatic rings. The Labute approximate surface area is 488 Å². The fraction of sp³-hybridized carbons (Fsp3) is 0.303. The second kappa shape index (κ2) is 22.4. The van der Waals surface area contributed by atoms with Crippen molar-refractivity contribution in [1.29, 1.82) is 0 Å². The summed E-state index contributed by atoms with van der Waals surface area (Å²) in [4.78, 5) is 108. The maximum atomic E-state index is 13.4. The summed E-state index contributed by atoms with van der Waals surface area (Å²) in [7, 11) is 0. The van der Waals surface area contributed by atoms with Gasteiger partial charge in [-0.3, -0.25) is 14.6 Å². The average molecular weight is 1150 g/mol. The van der Waals surface area contributed by atoms with Gasteiger partial charge >= 0.3 is 35.8 Å². The van der Waals surface area contributed by atoms with E-state index in [0.717, 1.165) is 102 Å². The molecule has 19 heteroatoms.